The van der Waals surface area contributed by atoms with E-state index in [2.05, 4.69) is 0 Å². The first-order chi connectivity index (χ1) is 6.52. The zero-order valence-corrected chi connectivity index (χ0v) is 7.67. The molecule has 14 heavy (non-hydrogen) atoms. The summed E-state index contributed by atoms with van der Waals surface area (Å²) in [6.45, 7) is -0.773. The highest BCUT2D eigenvalue weighted by atomic mass is 19.4. The molecular formula is C10H13F3O. The van der Waals surface area contributed by atoms with Crippen molar-refractivity contribution in [2.24, 2.45) is 23.7 Å². The van der Waals surface area contributed by atoms with E-state index in [1.807, 2.05) is 12.2 Å². The quantitative estimate of drug-likeness (QED) is 0.688. The molecule has 2 aliphatic rings. The van der Waals surface area contributed by atoms with Gasteiger partial charge in [0, 0.05) is 0 Å². The van der Waals surface area contributed by atoms with Crippen molar-refractivity contribution in [1.29, 1.82) is 0 Å². The fourth-order valence-corrected chi connectivity index (χ4v) is 2.77. The zero-order valence-electron chi connectivity index (χ0n) is 7.67. The molecule has 0 aliphatic heterocycles. The predicted molar refractivity (Wildman–Crippen MR) is 45.5 cm³/mol. The lowest BCUT2D eigenvalue weighted by Gasteiger charge is -2.28. The van der Waals surface area contributed by atoms with Gasteiger partial charge in [-0.15, -0.1) is 0 Å². The second-order valence-corrected chi connectivity index (χ2v) is 4.27. The molecule has 2 rings (SSSR count). The molecule has 0 aromatic carbocycles. The number of fused-ring (bicyclic) bond motifs is 2. The normalized spacial score (nSPS) is 37.9. The molecule has 0 heterocycles. The van der Waals surface area contributed by atoms with Gasteiger partial charge in [-0.1, -0.05) is 12.2 Å². The van der Waals surface area contributed by atoms with Crippen LogP contribution in [0.4, 0.5) is 13.2 Å². The Bertz CT molecular complexity index is 246. The van der Waals surface area contributed by atoms with Crippen molar-refractivity contribution in [2.75, 3.05) is 6.61 Å². The van der Waals surface area contributed by atoms with Crippen LogP contribution in [0, 0.1) is 23.7 Å². The molecule has 1 N–H and O–H groups in total. The fraction of sp³-hybridized carbons (Fsp3) is 0.800. The summed E-state index contributed by atoms with van der Waals surface area (Å²) in [6.07, 6.45) is 1.07. The highest BCUT2D eigenvalue weighted by Crippen LogP contribution is 2.50. The summed E-state index contributed by atoms with van der Waals surface area (Å²) >= 11 is 0. The van der Waals surface area contributed by atoms with Crippen LogP contribution in [0.3, 0.4) is 0 Å². The van der Waals surface area contributed by atoms with Crippen molar-refractivity contribution in [1.82, 2.24) is 0 Å². The number of alkyl halides is 3. The van der Waals surface area contributed by atoms with Crippen molar-refractivity contribution in [3.05, 3.63) is 12.2 Å². The summed E-state index contributed by atoms with van der Waals surface area (Å²) in [7, 11) is 0. The minimum absolute atomic E-state index is 0.0405. The van der Waals surface area contributed by atoms with E-state index in [1.54, 1.807) is 0 Å². The third-order valence-corrected chi connectivity index (χ3v) is 3.46. The summed E-state index contributed by atoms with van der Waals surface area (Å²) in [6, 6.07) is 0. The Morgan fingerprint density at radius 3 is 2.36 bits per heavy atom. The van der Waals surface area contributed by atoms with Gasteiger partial charge < -0.3 is 5.11 Å². The molecule has 2 aliphatic carbocycles. The highest BCUT2D eigenvalue weighted by Gasteiger charge is 2.50. The highest BCUT2D eigenvalue weighted by molar-refractivity contribution is 5.11. The van der Waals surface area contributed by atoms with Crippen LogP contribution in [0.5, 0.6) is 0 Å². The molecule has 0 radical (unpaired) electrons. The number of allylic oxidation sites excluding steroid dienone is 2. The smallest absolute Gasteiger partial charge is 0.394 e. The third-order valence-electron chi connectivity index (χ3n) is 3.46. The van der Waals surface area contributed by atoms with Crippen molar-refractivity contribution >= 4 is 0 Å². The summed E-state index contributed by atoms with van der Waals surface area (Å²) in [4.78, 5) is 0. The van der Waals surface area contributed by atoms with Crippen LogP contribution < -0.4 is 0 Å². The molecule has 1 nitrogen and oxygen atoms in total. The van der Waals surface area contributed by atoms with E-state index in [0.717, 1.165) is 6.42 Å². The molecule has 0 saturated heterocycles. The topological polar surface area (TPSA) is 20.2 Å². The Kier molecular flexibility index (Phi) is 2.33. The number of rotatable bonds is 2. The van der Waals surface area contributed by atoms with Gasteiger partial charge in [-0.3, -0.25) is 0 Å². The molecule has 4 atom stereocenters. The summed E-state index contributed by atoms with van der Waals surface area (Å²) in [5.74, 6) is -1.56. The Morgan fingerprint density at radius 1 is 1.29 bits per heavy atom. The lowest BCUT2D eigenvalue weighted by molar-refractivity contribution is -0.200. The summed E-state index contributed by atoms with van der Waals surface area (Å²) in [5.41, 5.74) is 0. The molecule has 2 bridgehead atoms. The minimum Gasteiger partial charge on any atom is -0.396 e. The number of aliphatic hydroxyl groups is 1. The monoisotopic (exact) mass is 206 g/mol. The van der Waals surface area contributed by atoms with Gasteiger partial charge in [0.2, 0.25) is 0 Å². The number of aliphatic hydroxyl groups excluding tert-OH is 1. The maximum atomic E-state index is 12.5. The molecule has 80 valence electrons. The van der Waals surface area contributed by atoms with Crippen LogP contribution in [-0.2, 0) is 0 Å². The first-order valence-corrected chi connectivity index (χ1v) is 4.88. The average molecular weight is 206 g/mol. The van der Waals surface area contributed by atoms with Crippen LogP contribution in [0.1, 0.15) is 12.8 Å². The maximum absolute atomic E-state index is 12.5. The molecule has 0 aromatic rings. The second kappa shape index (κ2) is 3.26. The molecule has 1 saturated carbocycles. The summed E-state index contributed by atoms with van der Waals surface area (Å²) < 4.78 is 37.5. The Balaban J connectivity index is 2.10. The van der Waals surface area contributed by atoms with E-state index in [0.29, 0.717) is 12.3 Å². The lowest BCUT2D eigenvalue weighted by Crippen LogP contribution is -2.35. The van der Waals surface area contributed by atoms with Crippen LogP contribution in [0.2, 0.25) is 0 Å². The lowest BCUT2D eigenvalue weighted by atomic mass is 9.82. The molecule has 4 heteroatoms. The number of hydrogen-bond acceptors (Lipinski definition) is 1. The van der Waals surface area contributed by atoms with Crippen LogP contribution in [0.15, 0.2) is 12.2 Å². The molecule has 4 unspecified atom stereocenters. The first-order valence-electron chi connectivity index (χ1n) is 4.88. The van der Waals surface area contributed by atoms with Gasteiger partial charge >= 0.3 is 6.18 Å². The van der Waals surface area contributed by atoms with Crippen LogP contribution in [0.25, 0.3) is 0 Å². The Morgan fingerprint density at radius 2 is 2.00 bits per heavy atom. The van der Waals surface area contributed by atoms with Gasteiger partial charge in [0.15, 0.2) is 0 Å². The molecule has 0 aromatic heterocycles. The van der Waals surface area contributed by atoms with Crippen LogP contribution in [-0.4, -0.2) is 17.9 Å². The predicted octanol–water partition coefficient (Wildman–Crippen LogP) is 2.37. The molecule has 0 amide bonds. The van der Waals surface area contributed by atoms with E-state index in [-0.39, 0.29) is 5.92 Å². The van der Waals surface area contributed by atoms with Gasteiger partial charge in [0.1, 0.15) is 0 Å². The number of hydrogen-bond donors (Lipinski definition) is 1. The van der Waals surface area contributed by atoms with E-state index < -0.39 is 24.6 Å². The van der Waals surface area contributed by atoms with E-state index in [9.17, 15) is 13.2 Å². The van der Waals surface area contributed by atoms with Crippen molar-refractivity contribution in [2.45, 2.75) is 19.0 Å². The largest absolute Gasteiger partial charge is 0.396 e. The van der Waals surface area contributed by atoms with E-state index in [1.165, 1.54) is 0 Å². The zero-order chi connectivity index (χ0) is 10.3. The van der Waals surface area contributed by atoms with Gasteiger partial charge in [-0.05, 0) is 30.6 Å². The maximum Gasteiger partial charge on any atom is 0.394 e. The van der Waals surface area contributed by atoms with Gasteiger partial charge in [-0.25, -0.2) is 0 Å². The van der Waals surface area contributed by atoms with Crippen molar-refractivity contribution in [3.8, 4) is 0 Å². The van der Waals surface area contributed by atoms with Gasteiger partial charge in [-0.2, -0.15) is 13.2 Å². The number of halogens is 3. The molecular weight excluding hydrogens is 193 g/mol. The van der Waals surface area contributed by atoms with E-state index in [4.69, 9.17) is 5.11 Å². The fourth-order valence-electron chi connectivity index (χ4n) is 2.77. The standard InChI is InChI=1S/C10H13F3O/c11-10(12,13)9(5-14)8-4-6-1-2-7(8)3-6/h1-2,6-9,14H,3-5H2. The average Bonchev–Trinajstić information content (AvgIpc) is 2.63. The van der Waals surface area contributed by atoms with Gasteiger partial charge in [0.25, 0.3) is 0 Å². The third kappa shape index (κ3) is 1.56. The first kappa shape index (κ1) is 10.0. The Labute approximate surface area is 80.6 Å². The Hall–Kier alpha value is -0.510. The van der Waals surface area contributed by atoms with Gasteiger partial charge in [0.05, 0.1) is 12.5 Å². The summed E-state index contributed by atoms with van der Waals surface area (Å²) in [5, 5.41) is 8.81. The SMILES string of the molecule is OCC(C1CC2C=CC1C2)C(F)(F)F. The second-order valence-electron chi connectivity index (χ2n) is 4.27. The van der Waals surface area contributed by atoms with Crippen LogP contribution >= 0.6 is 0 Å². The van der Waals surface area contributed by atoms with E-state index >= 15 is 0 Å². The minimum atomic E-state index is -4.25. The molecule has 0 spiro atoms. The van der Waals surface area contributed by atoms with Crippen molar-refractivity contribution < 1.29 is 18.3 Å². The van der Waals surface area contributed by atoms with Crippen molar-refractivity contribution in [3.63, 3.8) is 0 Å². The molecule has 1 fully saturated rings.